The first-order chi connectivity index (χ1) is 7.63. The van der Waals surface area contributed by atoms with Gasteiger partial charge in [-0.3, -0.25) is 9.59 Å². The van der Waals surface area contributed by atoms with Gasteiger partial charge in [-0.25, -0.2) is 0 Å². The van der Waals surface area contributed by atoms with Crippen molar-refractivity contribution in [2.45, 2.75) is 32.1 Å². The van der Waals surface area contributed by atoms with Crippen molar-refractivity contribution in [3.8, 4) is 6.07 Å². The van der Waals surface area contributed by atoms with E-state index in [0.717, 1.165) is 12.8 Å². The van der Waals surface area contributed by atoms with Crippen LogP contribution in [-0.2, 0) is 9.59 Å². The van der Waals surface area contributed by atoms with Crippen LogP contribution >= 0.6 is 0 Å². The third-order valence-corrected chi connectivity index (χ3v) is 4.84. The molecule has 0 saturated heterocycles. The number of hydrogen-bond donors (Lipinski definition) is 0. The molecule has 0 aliphatic heterocycles. The highest BCUT2D eigenvalue weighted by molar-refractivity contribution is 5.99. The maximum atomic E-state index is 11.8. The van der Waals surface area contributed by atoms with E-state index in [1.807, 2.05) is 6.08 Å². The second-order valence-corrected chi connectivity index (χ2v) is 5.27. The number of hydrogen-bond acceptors (Lipinski definition) is 3. The standard InChI is InChI=1S/C13H13NO2/c14-8-12-3-1-9(15)7-10-11(16)2-4-13(10,12)6-5-12/h2,4,10H,1,3,5-7H2/t10-,12-,13-/m0/s1. The summed E-state index contributed by atoms with van der Waals surface area (Å²) in [6.45, 7) is 0. The maximum Gasteiger partial charge on any atom is 0.159 e. The van der Waals surface area contributed by atoms with E-state index in [4.69, 9.17) is 0 Å². The Labute approximate surface area is 94.1 Å². The van der Waals surface area contributed by atoms with Gasteiger partial charge in [0.15, 0.2) is 5.78 Å². The second kappa shape index (κ2) is 2.82. The number of nitrogens with zero attached hydrogens (tertiary/aromatic N) is 1. The van der Waals surface area contributed by atoms with Crippen molar-refractivity contribution in [1.29, 1.82) is 5.26 Å². The molecule has 0 unspecified atom stereocenters. The minimum atomic E-state index is -0.438. The van der Waals surface area contributed by atoms with Crippen LogP contribution in [0.15, 0.2) is 12.2 Å². The molecule has 0 amide bonds. The molecule has 3 atom stereocenters. The number of nitriles is 1. The van der Waals surface area contributed by atoms with Crippen LogP contribution in [0, 0.1) is 28.1 Å². The van der Waals surface area contributed by atoms with E-state index < -0.39 is 5.41 Å². The number of ketones is 2. The Morgan fingerprint density at radius 3 is 2.75 bits per heavy atom. The van der Waals surface area contributed by atoms with Crippen LogP contribution in [0.4, 0.5) is 0 Å². The molecular formula is C13H13NO2. The maximum absolute atomic E-state index is 11.8. The van der Waals surface area contributed by atoms with Gasteiger partial charge >= 0.3 is 0 Å². The summed E-state index contributed by atoms with van der Waals surface area (Å²) in [5.74, 6) is -0.0454. The summed E-state index contributed by atoms with van der Waals surface area (Å²) >= 11 is 0. The summed E-state index contributed by atoms with van der Waals surface area (Å²) in [4.78, 5) is 23.5. The first kappa shape index (κ1) is 9.77. The minimum Gasteiger partial charge on any atom is -0.300 e. The van der Waals surface area contributed by atoms with Crippen LogP contribution in [0.5, 0.6) is 0 Å². The molecule has 0 bridgehead atoms. The molecule has 0 aromatic heterocycles. The Hall–Kier alpha value is -1.43. The van der Waals surface area contributed by atoms with Gasteiger partial charge in [0.25, 0.3) is 0 Å². The summed E-state index contributed by atoms with van der Waals surface area (Å²) in [5, 5.41) is 9.40. The lowest BCUT2D eigenvalue weighted by Crippen LogP contribution is -2.52. The predicted molar refractivity (Wildman–Crippen MR) is 56.2 cm³/mol. The highest BCUT2D eigenvalue weighted by Gasteiger charge is 2.65. The van der Waals surface area contributed by atoms with E-state index in [-0.39, 0.29) is 22.9 Å². The van der Waals surface area contributed by atoms with Crippen molar-refractivity contribution in [3.05, 3.63) is 12.2 Å². The third-order valence-electron chi connectivity index (χ3n) is 4.84. The van der Waals surface area contributed by atoms with Crippen molar-refractivity contribution in [3.63, 3.8) is 0 Å². The largest absolute Gasteiger partial charge is 0.300 e. The van der Waals surface area contributed by atoms with Crippen LogP contribution in [0.25, 0.3) is 0 Å². The summed E-state index contributed by atoms with van der Waals surface area (Å²) < 4.78 is 0. The van der Waals surface area contributed by atoms with E-state index >= 15 is 0 Å². The van der Waals surface area contributed by atoms with E-state index in [0.29, 0.717) is 19.3 Å². The van der Waals surface area contributed by atoms with E-state index in [1.165, 1.54) is 0 Å². The molecule has 3 heteroatoms. The molecular weight excluding hydrogens is 202 g/mol. The topological polar surface area (TPSA) is 57.9 Å². The van der Waals surface area contributed by atoms with Crippen LogP contribution in [0.3, 0.4) is 0 Å². The zero-order chi connectivity index (χ0) is 11.4. The lowest BCUT2D eigenvalue weighted by Gasteiger charge is -2.54. The van der Waals surface area contributed by atoms with Crippen LogP contribution in [0.2, 0.25) is 0 Å². The molecule has 0 radical (unpaired) electrons. The van der Waals surface area contributed by atoms with Crippen LogP contribution in [0.1, 0.15) is 32.1 Å². The number of rotatable bonds is 0. The number of allylic oxidation sites excluding steroid dienone is 2. The quantitative estimate of drug-likeness (QED) is 0.619. The number of carbonyl (C=O) groups is 2. The Morgan fingerprint density at radius 1 is 1.31 bits per heavy atom. The third kappa shape index (κ3) is 0.886. The first-order valence-corrected chi connectivity index (χ1v) is 5.80. The van der Waals surface area contributed by atoms with Crippen molar-refractivity contribution >= 4 is 11.6 Å². The highest BCUT2D eigenvalue weighted by atomic mass is 16.1. The Bertz CT molecular complexity index is 459. The fraction of sp³-hybridized carbons (Fsp3) is 0.615. The zero-order valence-corrected chi connectivity index (χ0v) is 9.03. The molecule has 1 spiro atoms. The molecule has 82 valence electrons. The molecule has 3 rings (SSSR count). The molecule has 0 aromatic rings. The fourth-order valence-corrected chi connectivity index (χ4v) is 3.72. The molecule has 0 N–H and O–H groups in total. The summed E-state index contributed by atoms with van der Waals surface area (Å²) in [6, 6.07) is 2.40. The second-order valence-electron chi connectivity index (χ2n) is 5.27. The van der Waals surface area contributed by atoms with Crippen LogP contribution < -0.4 is 0 Å². The molecule has 2 fully saturated rings. The van der Waals surface area contributed by atoms with Gasteiger partial charge in [0.2, 0.25) is 0 Å². The van der Waals surface area contributed by atoms with Gasteiger partial charge in [0.1, 0.15) is 5.78 Å². The Morgan fingerprint density at radius 2 is 2.12 bits per heavy atom. The van der Waals surface area contributed by atoms with Gasteiger partial charge in [-0.15, -0.1) is 0 Å². The normalized spacial score (nSPS) is 45.3. The first-order valence-electron chi connectivity index (χ1n) is 5.80. The van der Waals surface area contributed by atoms with Gasteiger partial charge in [-0.05, 0) is 25.3 Å². The average molecular weight is 215 g/mol. The summed E-state index contributed by atoms with van der Waals surface area (Å²) in [6.07, 6.45) is 6.68. The smallest absolute Gasteiger partial charge is 0.159 e. The molecule has 3 aliphatic rings. The SMILES string of the molecule is N#C[C@@]12CCC(=O)C[C@H]3C(=O)C=C[C@]31CC2. The summed E-state index contributed by atoms with van der Waals surface area (Å²) in [7, 11) is 0. The lowest BCUT2D eigenvalue weighted by molar-refractivity contribution is -0.129. The Kier molecular flexibility index (Phi) is 1.72. The predicted octanol–water partition coefficient (Wildman–Crippen LogP) is 1.78. The van der Waals surface area contributed by atoms with E-state index in [9.17, 15) is 14.9 Å². The van der Waals surface area contributed by atoms with E-state index in [2.05, 4.69) is 6.07 Å². The average Bonchev–Trinajstić information content (AvgIpc) is 2.55. The minimum absolute atomic E-state index is 0.0505. The van der Waals surface area contributed by atoms with E-state index in [1.54, 1.807) is 6.08 Å². The monoisotopic (exact) mass is 215 g/mol. The number of Topliss-reactive ketones (excluding diaryl/α,β-unsaturated/α-hetero) is 1. The van der Waals surface area contributed by atoms with Crippen LogP contribution in [-0.4, -0.2) is 11.6 Å². The van der Waals surface area contributed by atoms with Crippen molar-refractivity contribution < 1.29 is 9.59 Å². The molecule has 0 aromatic carbocycles. The van der Waals surface area contributed by atoms with Crippen molar-refractivity contribution in [1.82, 2.24) is 0 Å². The lowest BCUT2D eigenvalue weighted by atomic mass is 9.46. The van der Waals surface area contributed by atoms with Gasteiger partial charge in [-0.2, -0.15) is 5.26 Å². The van der Waals surface area contributed by atoms with Gasteiger partial charge in [0, 0.05) is 24.2 Å². The summed E-state index contributed by atoms with van der Waals surface area (Å²) in [5.41, 5.74) is -0.739. The highest BCUT2D eigenvalue weighted by Crippen LogP contribution is 2.67. The molecule has 3 aliphatic carbocycles. The van der Waals surface area contributed by atoms with Crippen molar-refractivity contribution in [2.24, 2.45) is 16.7 Å². The molecule has 3 nitrogen and oxygen atoms in total. The van der Waals surface area contributed by atoms with Gasteiger partial charge in [-0.1, -0.05) is 6.08 Å². The zero-order valence-electron chi connectivity index (χ0n) is 9.03. The van der Waals surface area contributed by atoms with Gasteiger partial charge < -0.3 is 0 Å². The fourth-order valence-electron chi connectivity index (χ4n) is 3.72. The van der Waals surface area contributed by atoms with Gasteiger partial charge in [0.05, 0.1) is 11.5 Å². The van der Waals surface area contributed by atoms with Crippen molar-refractivity contribution in [2.75, 3.05) is 0 Å². The molecule has 2 saturated carbocycles. The number of carbonyl (C=O) groups excluding carboxylic acids is 2. The molecule has 16 heavy (non-hydrogen) atoms. The molecule has 0 heterocycles. The Balaban J connectivity index is 2.11.